The fraction of sp³-hybridized carbons (Fsp3) is 0.562. The molecule has 0 spiro atoms. The van der Waals surface area contributed by atoms with Crippen molar-refractivity contribution in [3.8, 4) is 0 Å². The molecule has 7 heteroatoms. The molecule has 2 saturated heterocycles. The Kier molecular flexibility index (Phi) is 4.95. The van der Waals surface area contributed by atoms with Crippen molar-refractivity contribution < 1.29 is 18.3 Å². The Morgan fingerprint density at radius 1 is 0.957 bits per heavy atom. The van der Waals surface area contributed by atoms with Crippen molar-refractivity contribution in [2.45, 2.75) is 6.42 Å². The maximum absolute atomic E-state index is 13.9. The fourth-order valence-electron chi connectivity index (χ4n) is 3.04. The van der Waals surface area contributed by atoms with Crippen LogP contribution >= 0.6 is 0 Å². The highest BCUT2D eigenvalue weighted by Crippen LogP contribution is 2.23. The molecule has 0 saturated carbocycles. The second kappa shape index (κ2) is 7.12. The van der Waals surface area contributed by atoms with Crippen LogP contribution in [0.15, 0.2) is 18.2 Å². The molecule has 0 aliphatic carbocycles. The summed E-state index contributed by atoms with van der Waals surface area (Å²) in [5.41, 5.74) is 0.269. The Morgan fingerprint density at radius 2 is 1.70 bits per heavy atom. The highest BCUT2D eigenvalue weighted by Gasteiger charge is 2.26. The average Bonchev–Trinajstić information content (AvgIpc) is 2.83. The number of amides is 2. The number of hydrogen-bond donors (Lipinski definition) is 0. The van der Waals surface area contributed by atoms with Gasteiger partial charge in [0.2, 0.25) is 0 Å². The van der Waals surface area contributed by atoms with Crippen molar-refractivity contribution in [3.63, 3.8) is 0 Å². The summed E-state index contributed by atoms with van der Waals surface area (Å²) in [6, 6.07) is 4.22. The van der Waals surface area contributed by atoms with Gasteiger partial charge in [-0.1, -0.05) is 6.07 Å². The standard InChI is InChI=1S/C16H21F2N3O2/c17-13-3-1-4-14(15(13)18)19-5-2-6-20(8-7-19)16(22)21-9-11-23-12-10-21/h1,3-4H,2,5-12H2. The summed E-state index contributed by atoms with van der Waals surface area (Å²) in [4.78, 5) is 17.9. The van der Waals surface area contributed by atoms with E-state index in [1.54, 1.807) is 15.9 Å². The molecular formula is C16H21F2N3O2. The molecule has 0 aromatic heterocycles. The van der Waals surface area contributed by atoms with E-state index in [4.69, 9.17) is 4.74 Å². The first-order chi connectivity index (χ1) is 11.2. The topological polar surface area (TPSA) is 36.0 Å². The molecule has 0 unspecified atom stereocenters. The minimum Gasteiger partial charge on any atom is -0.378 e. The van der Waals surface area contributed by atoms with Gasteiger partial charge in [-0.3, -0.25) is 0 Å². The van der Waals surface area contributed by atoms with Crippen molar-refractivity contribution in [1.29, 1.82) is 0 Å². The fourth-order valence-corrected chi connectivity index (χ4v) is 3.04. The summed E-state index contributed by atoms with van der Waals surface area (Å²) in [6.07, 6.45) is 0.728. The number of carbonyl (C=O) groups is 1. The number of rotatable bonds is 1. The van der Waals surface area contributed by atoms with Crippen molar-refractivity contribution >= 4 is 11.7 Å². The average molecular weight is 325 g/mol. The van der Waals surface area contributed by atoms with Gasteiger partial charge in [0.05, 0.1) is 18.9 Å². The van der Waals surface area contributed by atoms with Gasteiger partial charge in [-0.15, -0.1) is 0 Å². The SMILES string of the molecule is O=C(N1CCOCC1)N1CCCN(c2cccc(F)c2F)CC1. The van der Waals surface area contributed by atoms with Gasteiger partial charge in [-0.2, -0.15) is 0 Å². The van der Waals surface area contributed by atoms with Crippen molar-refractivity contribution in [2.75, 3.05) is 57.4 Å². The van der Waals surface area contributed by atoms with Gasteiger partial charge < -0.3 is 19.4 Å². The highest BCUT2D eigenvalue weighted by atomic mass is 19.2. The number of urea groups is 1. The van der Waals surface area contributed by atoms with Crippen LogP contribution in [0.5, 0.6) is 0 Å². The van der Waals surface area contributed by atoms with Crippen LogP contribution in [0.4, 0.5) is 19.3 Å². The Bertz CT molecular complexity index is 564. The normalized spacial score (nSPS) is 19.7. The molecule has 23 heavy (non-hydrogen) atoms. The maximum atomic E-state index is 13.9. The van der Waals surface area contributed by atoms with Crippen molar-refractivity contribution in [3.05, 3.63) is 29.8 Å². The lowest BCUT2D eigenvalue weighted by Crippen LogP contribution is -2.49. The van der Waals surface area contributed by atoms with Gasteiger partial charge in [-0.05, 0) is 18.6 Å². The summed E-state index contributed by atoms with van der Waals surface area (Å²) < 4.78 is 32.6. The van der Waals surface area contributed by atoms with E-state index in [-0.39, 0.29) is 11.7 Å². The number of benzene rings is 1. The Morgan fingerprint density at radius 3 is 2.48 bits per heavy atom. The van der Waals surface area contributed by atoms with E-state index in [0.29, 0.717) is 52.5 Å². The van der Waals surface area contributed by atoms with Crippen molar-refractivity contribution in [1.82, 2.24) is 9.80 Å². The van der Waals surface area contributed by atoms with Gasteiger partial charge in [0.1, 0.15) is 0 Å². The predicted molar refractivity (Wildman–Crippen MR) is 82.5 cm³/mol. The zero-order valence-electron chi connectivity index (χ0n) is 13.0. The second-order valence-corrected chi connectivity index (χ2v) is 5.78. The molecule has 0 radical (unpaired) electrons. The molecule has 1 aromatic carbocycles. The third kappa shape index (κ3) is 3.55. The van der Waals surface area contributed by atoms with Crippen LogP contribution in [0.1, 0.15) is 6.42 Å². The van der Waals surface area contributed by atoms with Gasteiger partial charge >= 0.3 is 6.03 Å². The summed E-state index contributed by atoms with van der Waals surface area (Å²) in [6.45, 7) is 4.59. The molecule has 5 nitrogen and oxygen atoms in total. The Hall–Kier alpha value is -1.89. The summed E-state index contributed by atoms with van der Waals surface area (Å²) >= 11 is 0. The number of halogens is 2. The van der Waals surface area contributed by atoms with E-state index in [0.717, 1.165) is 12.5 Å². The van der Waals surface area contributed by atoms with Gasteiger partial charge in [0, 0.05) is 39.3 Å². The smallest absolute Gasteiger partial charge is 0.320 e. The molecule has 126 valence electrons. The molecule has 0 atom stereocenters. The summed E-state index contributed by atoms with van der Waals surface area (Å²) in [5, 5.41) is 0. The largest absolute Gasteiger partial charge is 0.378 e. The number of anilines is 1. The van der Waals surface area contributed by atoms with E-state index in [1.165, 1.54) is 6.07 Å². The summed E-state index contributed by atoms with van der Waals surface area (Å²) in [7, 11) is 0. The monoisotopic (exact) mass is 325 g/mol. The lowest BCUT2D eigenvalue weighted by atomic mass is 10.2. The molecule has 0 bridgehead atoms. The first-order valence-electron chi connectivity index (χ1n) is 7.97. The molecule has 2 amide bonds. The van der Waals surface area contributed by atoms with Crippen LogP contribution < -0.4 is 4.90 Å². The predicted octanol–water partition coefficient (Wildman–Crippen LogP) is 1.93. The van der Waals surface area contributed by atoms with Crippen LogP contribution in [0.2, 0.25) is 0 Å². The maximum Gasteiger partial charge on any atom is 0.320 e. The van der Waals surface area contributed by atoms with E-state index in [2.05, 4.69) is 0 Å². The van der Waals surface area contributed by atoms with Gasteiger partial charge in [-0.25, -0.2) is 13.6 Å². The molecular weight excluding hydrogens is 304 g/mol. The molecule has 0 N–H and O–H groups in total. The molecule has 2 aliphatic heterocycles. The highest BCUT2D eigenvalue weighted by molar-refractivity contribution is 5.74. The van der Waals surface area contributed by atoms with Crippen LogP contribution in [0, 0.1) is 11.6 Å². The first-order valence-corrected chi connectivity index (χ1v) is 7.97. The third-order valence-corrected chi connectivity index (χ3v) is 4.32. The second-order valence-electron chi connectivity index (χ2n) is 5.78. The van der Waals surface area contributed by atoms with Gasteiger partial charge in [0.15, 0.2) is 11.6 Å². The number of ether oxygens (including phenoxy) is 1. The molecule has 2 aliphatic rings. The number of hydrogen-bond acceptors (Lipinski definition) is 3. The van der Waals surface area contributed by atoms with Crippen LogP contribution in [0.25, 0.3) is 0 Å². The molecule has 3 rings (SSSR count). The number of nitrogens with zero attached hydrogens (tertiary/aromatic N) is 3. The Labute approximate surface area is 134 Å². The Balaban J connectivity index is 1.65. The van der Waals surface area contributed by atoms with Crippen molar-refractivity contribution in [2.24, 2.45) is 0 Å². The minimum absolute atomic E-state index is 0.00913. The first kappa shape index (κ1) is 16.0. The summed E-state index contributed by atoms with van der Waals surface area (Å²) in [5.74, 6) is -1.66. The quantitative estimate of drug-likeness (QED) is 0.792. The molecule has 1 aromatic rings. The number of morpholine rings is 1. The lowest BCUT2D eigenvalue weighted by molar-refractivity contribution is 0.0438. The van der Waals surface area contributed by atoms with E-state index < -0.39 is 11.6 Å². The van der Waals surface area contributed by atoms with E-state index >= 15 is 0 Å². The molecule has 2 fully saturated rings. The number of carbonyl (C=O) groups excluding carboxylic acids is 1. The van der Waals surface area contributed by atoms with Gasteiger partial charge in [0.25, 0.3) is 0 Å². The zero-order chi connectivity index (χ0) is 16.2. The molecule has 2 heterocycles. The lowest BCUT2D eigenvalue weighted by Gasteiger charge is -2.32. The zero-order valence-corrected chi connectivity index (χ0v) is 13.0. The third-order valence-electron chi connectivity index (χ3n) is 4.32. The van der Waals surface area contributed by atoms with Crippen LogP contribution in [-0.4, -0.2) is 68.3 Å². The minimum atomic E-state index is -0.840. The van der Waals surface area contributed by atoms with Crippen LogP contribution in [0.3, 0.4) is 0 Å². The van der Waals surface area contributed by atoms with E-state index in [9.17, 15) is 13.6 Å². The van der Waals surface area contributed by atoms with Crippen LogP contribution in [-0.2, 0) is 4.74 Å². The van der Waals surface area contributed by atoms with E-state index in [1.807, 2.05) is 4.90 Å².